The van der Waals surface area contributed by atoms with Crippen molar-refractivity contribution in [2.45, 2.75) is 56.1 Å². The minimum Gasteiger partial charge on any atom is -0.493 e. The molecular weight excluding hydrogens is 575 g/mol. The maximum absolute atomic E-state index is 12.9. The third-order valence-electron chi connectivity index (χ3n) is 6.70. The Hall–Kier alpha value is -3.77. The highest BCUT2D eigenvalue weighted by Gasteiger charge is 2.39. The number of halogens is 3. The van der Waals surface area contributed by atoms with Gasteiger partial charge in [-0.3, -0.25) is 4.79 Å². The number of carbonyl (C=O) groups is 1. The van der Waals surface area contributed by atoms with E-state index >= 15 is 0 Å². The molecule has 0 radical (unpaired) electrons. The summed E-state index contributed by atoms with van der Waals surface area (Å²) < 4.78 is 82.6. The normalized spacial score (nSPS) is 15.9. The second-order valence-electron chi connectivity index (χ2n) is 9.78. The highest BCUT2D eigenvalue weighted by Crippen LogP contribution is 2.33. The van der Waals surface area contributed by atoms with Crippen molar-refractivity contribution in [3.63, 3.8) is 0 Å². The van der Waals surface area contributed by atoms with Gasteiger partial charge in [-0.15, -0.1) is 0 Å². The van der Waals surface area contributed by atoms with Gasteiger partial charge in [-0.1, -0.05) is 13.3 Å². The van der Waals surface area contributed by atoms with Gasteiger partial charge in [0.15, 0.2) is 0 Å². The lowest BCUT2D eigenvalue weighted by Crippen LogP contribution is -2.40. The fraction of sp³-hybridized carbons (Fsp3) is 0.367. The molecule has 1 fully saturated rings. The van der Waals surface area contributed by atoms with E-state index in [2.05, 4.69) is 0 Å². The highest BCUT2D eigenvalue weighted by atomic mass is 32.2. The third-order valence-corrected chi connectivity index (χ3v) is 8.63. The van der Waals surface area contributed by atoms with Gasteiger partial charge in [0.05, 0.1) is 23.7 Å². The zero-order valence-electron chi connectivity index (χ0n) is 23.0. The van der Waals surface area contributed by atoms with Crippen LogP contribution in [0.4, 0.5) is 13.2 Å². The van der Waals surface area contributed by atoms with Gasteiger partial charge in [0, 0.05) is 13.0 Å². The number of sulfonamides is 1. The van der Waals surface area contributed by atoms with E-state index in [1.165, 1.54) is 36.4 Å². The minimum absolute atomic E-state index is 0.0144. The molecule has 12 heteroatoms. The van der Waals surface area contributed by atoms with E-state index < -0.39 is 33.8 Å². The van der Waals surface area contributed by atoms with Crippen molar-refractivity contribution < 1.29 is 45.7 Å². The molecule has 226 valence electrons. The molecule has 0 saturated carbocycles. The van der Waals surface area contributed by atoms with Crippen LogP contribution in [0.5, 0.6) is 23.0 Å². The van der Waals surface area contributed by atoms with Crippen LogP contribution in [0.3, 0.4) is 0 Å². The number of hydrogen-bond acceptors (Lipinski definition) is 6. The minimum atomic E-state index is -4.41. The first-order valence-electron chi connectivity index (χ1n) is 13.6. The van der Waals surface area contributed by atoms with Gasteiger partial charge in [0.25, 0.3) is 0 Å². The predicted octanol–water partition coefficient (Wildman–Crippen LogP) is 6.54. The van der Waals surface area contributed by atoms with Crippen molar-refractivity contribution in [2.24, 2.45) is 0 Å². The number of ether oxygens (including phenoxy) is 3. The van der Waals surface area contributed by atoms with Gasteiger partial charge in [0.2, 0.25) is 10.0 Å². The number of carboxylic acid groups (broad SMARTS) is 1. The maximum atomic E-state index is 12.9. The van der Waals surface area contributed by atoms with E-state index in [4.69, 9.17) is 14.2 Å². The number of rotatable bonds is 13. The summed E-state index contributed by atoms with van der Waals surface area (Å²) in [6, 6.07) is 14.6. The first kappa shape index (κ1) is 31.2. The zero-order chi connectivity index (χ0) is 30.3. The molecule has 0 spiro atoms. The standard InChI is InChI=1S/C30H32F3NO7S/c1-2-5-21-20-25(41-24-9-7-22(8-10-24)30(31,32)33)13-16-28(21)40-19-4-18-39-23-11-14-26(15-12-23)42(37,38)34-17-3-6-27(34)29(35)36/h7-16,20,27H,2-6,17-19H2,1H3,(H,35,36). The summed E-state index contributed by atoms with van der Waals surface area (Å²) in [5, 5.41) is 9.32. The summed E-state index contributed by atoms with van der Waals surface area (Å²) >= 11 is 0. The van der Waals surface area contributed by atoms with Gasteiger partial charge >= 0.3 is 12.1 Å². The molecule has 3 aromatic rings. The number of aliphatic carboxylic acids is 1. The van der Waals surface area contributed by atoms with Crippen LogP contribution < -0.4 is 14.2 Å². The van der Waals surface area contributed by atoms with Crippen molar-refractivity contribution in [3.8, 4) is 23.0 Å². The number of benzene rings is 3. The van der Waals surface area contributed by atoms with E-state index in [0.29, 0.717) is 55.5 Å². The Morgan fingerprint density at radius 3 is 2.24 bits per heavy atom. The Morgan fingerprint density at radius 1 is 0.952 bits per heavy atom. The van der Waals surface area contributed by atoms with Crippen LogP contribution in [0.1, 0.15) is 43.7 Å². The summed E-state index contributed by atoms with van der Waals surface area (Å²) in [5.41, 5.74) is 0.162. The lowest BCUT2D eigenvalue weighted by Gasteiger charge is -2.21. The molecule has 4 rings (SSSR count). The Balaban J connectivity index is 1.27. The van der Waals surface area contributed by atoms with Gasteiger partial charge in [-0.05, 0) is 91.6 Å². The molecule has 1 saturated heterocycles. The largest absolute Gasteiger partial charge is 0.493 e. The molecule has 0 aromatic heterocycles. The van der Waals surface area contributed by atoms with E-state index in [-0.39, 0.29) is 11.4 Å². The van der Waals surface area contributed by atoms with E-state index in [0.717, 1.165) is 34.8 Å². The van der Waals surface area contributed by atoms with Crippen LogP contribution in [0.15, 0.2) is 71.6 Å². The fourth-order valence-corrected chi connectivity index (χ4v) is 6.27. The quantitative estimate of drug-likeness (QED) is 0.220. The molecule has 0 bridgehead atoms. The average Bonchev–Trinajstić information content (AvgIpc) is 3.46. The maximum Gasteiger partial charge on any atom is 0.416 e. The topological polar surface area (TPSA) is 102 Å². The SMILES string of the molecule is CCCc1cc(Oc2ccc(C(F)(F)F)cc2)ccc1OCCCOc1ccc(S(=O)(=O)N2CCCC2C(=O)O)cc1. The second-order valence-corrected chi connectivity index (χ2v) is 11.7. The molecule has 1 unspecified atom stereocenters. The Morgan fingerprint density at radius 2 is 1.60 bits per heavy atom. The molecule has 1 atom stereocenters. The van der Waals surface area contributed by atoms with E-state index in [1.54, 1.807) is 12.1 Å². The van der Waals surface area contributed by atoms with Crippen LogP contribution in [-0.2, 0) is 27.4 Å². The van der Waals surface area contributed by atoms with Crippen LogP contribution in [-0.4, -0.2) is 49.6 Å². The Labute approximate surface area is 242 Å². The summed E-state index contributed by atoms with van der Waals surface area (Å²) in [6.07, 6.45) is -1.51. The van der Waals surface area contributed by atoms with Crippen molar-refractivity contribution in [1.82, 2.24) is 4.31 Å². The summed E-state index contributed by atoms with van der Waals surface area (Å²) in [4.78, 5) is 11.4. The molecule has 1 aliphatic rings. The Bertz CT molecular complexity index is 1460. The van der Waals surface area contributed by atoms with Crippen molar-refractivity contribution in [1.29, 1.82) is 0 Å². The predicted molar refractivity (Wildman–Crippen MR) is 149 cm³/mol. The third kappa shape index (κ3) is 7.74. The van der Waals surface area contributed by atoms with Crippen LogP contribution in [0.25, 0.3) is 0 Å². The molecule has 0 amide bonds. The number of aryl methyl sites for hydroxylation is 1. The number of alkyl halides is 3. The molecule has 42 heavy (non-hydrogen) atoms. The molecule has 1 heterocycles. The highest BCUT2D eigenvalue weighted by molar-refractivity contribution is 7.89. The average molecular weight is 608 g/mol. The van der Waals surface area contributed by atoms with Gasteiger partial charge in [0.1, 0.15) is 29.0 Å². The first-order chi connectivity index (χ1) is 20.0. The lowest BCUT2D eigenvalue weighted by atomic mass is 10.1. The van der Waals surface area contributed by atoms with Crippen molar-refractivity contribution in [3.05, 3.63) is 77.9 Å². The van der Waals surface area contributed by atoms with Crippen LogP contribution in [0, 0.1) is 0 Å². The number of nitrogens with zero attached hydrogens (tertiary/aromatic N) is 1. The van der Waals surface area contributed by atoms with Crippen molar-refractivity contribution in [2.75, 3.05) is 19.8 Å². The summed E-state index contributed by atoms with van der Waals surface area (Å²) in [5.74, 6) is 0.779. The van der Waals surface area contributed by atoms with Gasteiger partial charge in [-0.25, -0.2) is 8.42 Å². The summed E-state index contributed by atoms with van der Waals surface area (Å²) in [7, 11) is -3.92. The van der Waals surface area contributed by atoms with Gasteiger partial charge in [-0.2, -0.15) is 17.5 Å². The van der Waals surface area contributed by atoms with Crippen LogP contribution in [0.2, 0.25) is 0 Å². The first-order valence-corrected chi connectivity index (χ1v) is 15.0. The molecule has 8 nitrogen and oxygen atoms in total. The van der Waals surface area contributed by atoms with Crippen LogP contribution >= 0.6 is 0 Å². The lowest BCUT2D eigenvalue weighted by molar-refractivity contribution is -0.140. The number of carboxylic acids is 1. The van der Waals surface area contributed by atoms with Crippen molar-refractivity contribution >= 4 is 16.0 Å². The smallest absolute Gasteiger partial charge is 0.416 e. The number of hydrogen-bond donors (Lipinski definition) is 1. The monoisotopic (exact) mass is 607 g/mol. The zero-order valence-corrected chi connectivity index (χ0v) is 23.8. The molecule has 3 aromatic carbocycles. The summed E-state index contributed by atoms with van der Waals surface area (Å²) in [6.45, 7) is 2.87. The molecule has 1 aliphatic heterocycles. The molecular formula is C30H32F3NO7S. The van der Waals surface area contributed by atoms with E-state index in [1.807, 2.05) is 13.0 Å². The van der Waals surface area contributed by atoms with Gasteiger partial charge < -0.3 is 19.3 Å². The van der Waals surface area contributed by atoms with E-state index in [9.17, 15) is 31.5 Å². The molecule has 1 N–H and O–H groups in total. The fourth-order valence-electron chi connectivity index (χ4n) is 4.62. The molecule has 0 aliphatic carbocycles. The second kappa shape index (κ2) is 13.5. The Kier molecular flexibility index (Phi) is 10.00.